The standard InChI is InChI=1S/C8H10N4/c9-2-4-12-7-1-3-11-8(5-7)6-10/h1,3,5H,2,4,9H2,(H,11,12). The zero-order valence-corrected chi connectivity index (χ0v) is 6.62. The van der Waals surface area contributed by atoms with E-state index in [1.165, 1.54) is 0 Å². The molecule has 0 fully saturated rings. The predicted molar refractivity (Wildman–Crippen MR) is 46.5 cm³/mol. The molecule has 0 atom stereocenters. The van der Waals surface area contributed by atoms with Gasteiger partial charge in [0.25, 0.3) is 0 Å². The molecule has 0 saturated carbocycles. The van der Waals surface area contributed by atoms with Crippen LogP contribution in [0.15, 0.2) is 18.3 Å². The quantitative estimate of drug-likeness (QED) is 0.671. The Morgan fingerprint density at radius 3 is 3.17 bits per heavy atom. The van der Waals surface area contributed by atoms with Gasteiger partial charge in [0.2, 0.25) is 0 Å². The number of hydrogen-bond acceptors (Lipinski definition) is 4. The van der Waals surface area contributed by atoms with Crippen LogP contribution in [0.5, 0.6) is 0 Å². The first-order valence-corrected chi connectivity index (χ1v) is 3.67. The number of nitrogens with zero attached hydrogens (tertiary/aromatic N) is 2. The van der Waals surface area contributed by atoms with Crippen molar-refractivity contribution in [3.8, 4) is 6.07 Å². The highest BCUT2D eigenvalue weighted by molar-refractivity contribution is 5.45. The van der Waals surface area contributed by atoms with Crippen LogP contribution in [0, 0.1) is 11.3 Å². The van der Waals surface area contributed by atoms with E-state index in [9.17, 15) is 0 Å². The Hall–Kier alpha value is -1.60. The first kappa shape index (κ1) is 8.50. The summed E-state index contributed by atoms with van der Waals surface area (Å²) >= 11 is 0. The van der Waals surface area contributed by atoms with Gasteiger partial charge in [0.15, 0.2) is 0 Å². The average Bonchev–Trinajstić information content (AvgIpc) is 2.15. The lowest BCUT2D eigenvalue weighted by molar-refractivity contribution is 1.02. The van der Waals surface area contributed by atoms with Gasteiger partial charge in [-0.3, -0.25) is 0 Å². The van der Waals surface area contributed by atoms with Crippen molar-refractivity contribution in [3.63, 3.8) is 0 Å². The zero-order valence-electron chi connectivity index (χ0n) is 6.62. The van der Waals surface area contributed by atoms with Gasteiger partial charge in [-0.2, -0.15) is 5.26 Å². The lowest BCUT2D eigenvalue weighted by Gasteiger charge is -2.02. The zero-order chi connectivity index (χ0) is 8.81. The summed E-state index contributed by atoms with van der Waals surface area (Å²) in [6.45, 7) is 1.28. The van der Waals surface area contributed by atoms with Crippen molar-refractivity contribution in [2.45, 2.75) is 0 Å². The van der Waals surface area contributed by atoms with Crippen LogP contribution in [0.25, 0.3) is 0 Å². The smallest absolute Gasteiger partial charge is 0.142 e. The van der Waals surface area contributed by atoms with Crippen LogP contribution in [0.3, 0.4) is 0 Å². The second-order valence-corrected chi connectivity index (χ2v) is 2.26. The Morgan fingerprint density at radius 1 is 1.67 bits per heavy atom. The van der Waals surface area contributed by atoms with Gasteiger partial charge in [0, 0.05) is 25.0 Å². The maximum atomic E-state index is 8.52. The summed E-state index contributed by atoms with van der Waals surface area (Å²) in [5, 5.41) is 11.6. The Bertz CT molecular complexity index is 289. The number of nitriles is 1. The van der Waals surface area contributed by atoms with Crippen molar-refractivity contribution in [2.75, 3.05) is 18.4 Å². The van der Waals surface area contributed by atoms with Crippen LogP contribution in [-0.4, -0.2) is 18.1 Å². The summed E-state index contributed by atoms with van der Waals surface area (Å²) in [4.78, 5) is 3.83. The Kier molecular flexibility index (Phi) is 3.05. The van der Waals surface area contributed by atoms with Crippen LogP contribution >= 0.6 is 0 Å². The number of aromatic nitrogens is 1. The Labute approximate surface area is 71.0 Å². The largest absolute Gasteiger partial charge is 0.384 e. The van der Waals surface area contributed by atoms with Crippen LogP contribution < -0.4 is 11.1 Å². The number of nitrogens with one attached hydrogen (secondary N) is 1. The van der Waals surface area contributed by atoms with Crippen molar-refractivity contribution in [1.82, 2.24) is 4.98 Å². The minimum Gasteiger partial charge on any atom is -0.384 e. The Balaban J connectivity index is 2.68. The fraction of sp³-hybridized carbons (Fsp3) is 0.250. The van der Waals surface area contributed by atoms with E-state index in [0.717, 1.165) is 5.69 Å². The van der Waals surface area contributed by atoms with Crippen molar-refractivity contribution in [3.05, 3.63) is 24.0 Å². The molecule has 0 aliphatic rings. The molecule has 1 aromatic heterocycles. The van der Waals surface area contributed by atoms with E-state index in [2.05, 4.69) is 10.3 Å². The number of rotatable bonds is 3. The molecule has 0 unspecified atom stereocenters. The first-order valence-electron chi connectivity index (χ1n) is 3.67. The molecule has 0 aliphatic carbocycles. The van der Waals surface area contributed by atoms with Crippen molar-refractivity contribution >= 4 is 5.69 Å². The summed E-state index contributed by atoms with van der Waals surface area (Å²) < 4.78 is 0. The van der Waals surface area contributed by atoms with E-state index >= 15 is 0 Å². The van der Waals surface area contributed by atoms with Crippen LogP contribution in [0.2, 0.25) is 0 Å². The number of hydrogen-bond donors (Lipinski definition) is 2. The minimum atomic E-state index is 0.414. The van der Waals surface area contributed by atoms with E-state index in [4.69, 9.17) is 11.0 Å². The highest BCUT2D eigenvalue weighted by Crippen LogP contribution is 2.05. The summed E-state index contributed by atoms with van der Waals surface area (Å²) in [5.74, 6) is 0. The van der Waals surface area contributed by atoms with E-state index in [1.807, 2.05) is 6.07 Å². The van der Waals surface area contributed by atoms with Crippen LogP contribution in [0.4, 0.5) is 5.69 Å². The molecule has 12 heavy (non-hydrogen) atoms. The lowest BCUT2D eigenvalue weighted by Crippen LogP contribution is -2.13. The topological polar surface area (TPSA) is 74.7 Å². The molecule has 1 heterocycles. The van der Waals surface area contributed by atoms with Gasteiger partial charge in [-0.05, 0) is 12.1 Å². The van der Waals surface area contributed by atoms with Gasteiger partial charge in [0.1, 0.15) is 11.8 Å². The monoisotopic (exact) mass is 162 g/mol. The normalized spacial score (nSPS) is 9.00. The molecule has 4 heteroatoms. The van der Waals surface area contributed by atoms with Gasteiger partial charge in [0.05, 0.1) is 0 Å². The SMILES string of the molecule is N#Cc1cc(NCCN)ccn1. The maximum absolute atomic E-state index is 8.52. The molecule has 1 rings (SSSR count). The lowest BCUT2D eigenvalue weighted by atomic mass is 10.3. The molecule has 0 saturated heterocycles. The molecule has 0 aliphatic heterocycles. The molecule has 0 aromatic carbocycles. The van der Waals surface area contributed by atoms with E-state index in [-0.39, 0.29) is 0 Å². The molecule has 4 nitrogen and oxygen atoms in total. The summed E-state index contributed by atoms with van der Waals surface area (Å²) in [7, 11) is 0. The first-order chi connectivity index (χ1) is 5.86. The predicted octanol–water partition coefficient (Wildman–Crippen LogP) is 0.324. The molecule has 3 N–H and O–H groups in total. The number of pyridine rings is 1. The fourth-order valence-corrected chi connectivity index (χ4v) is 0.818. The third kappa shape index (κ3) is 2.22. The molecule has 62 valence electrons. The maximum Gasteiger partial charge on any atom is 0.142 e. The summed E-state index contributed by atoms with van der Waals surface area (Å²) in [5.41, 5.74) is 6.60. The molecule has 0 amide bonds. The Morgan fingerprint density at radius 2 is 2.50 bits per heavy atom. The van der Waals surface area contributed by atoms with Gasteiger partial charge in [-0.25, -0.2) is 4.98 Å². The summed E-state index contributed by atoms with van der Waals surface area (Å²) in [6, 6.07) is 5.45. The van der Waals surface area contributed by atoms with Crippen LogP contribution in [-0.2, 0) is 0 Å². The van der Waals surface area contributed by atoms with Crippen molar-refractivity contribution in [1.29, 1.82) is 5.26 Å². The minimum absolute atomic E-state index is 0.414. The van der Waals surface area contributed by atoms with E-state index in [0.29, 0.717) is 18.8 Å². The van der Waals surface area contributed by atoms with E-state index < -0.39 is 0 Å². The average molecular weight is 162 g/mol. The second kappa shape index (κ2) is 4.31. The van der Waals surface area contributed by atoms with Crippen molar-refractivity contribution < 1.29 is 0 Å². The fourth-order valence-electron chi connectivity index (χ4n) is 0.818. The molecule has 0 bridgehead atoms. The molecule has 0 radical (unpaired) electrons. The second-order valence-electron chi connectivity index (χ2n) is 2.26. The molecular weight excluding hydrogens is 152 g/mol. The van der Waals surface area contributed by atoms with Gasteiger partial charge < -0.3 is 11.1 Å². The number of anilines is 1. The molecular formula is C8H10N4. The van der Waals surface area contributed by atoms with Crippen molar-refractivity contribution in [2.24, 2.45) is 5.73 Å². The molecule has 0 spiro atoms. The third-order valence-corrected chi connectivity index (χ3v) is 1.35. The van der Waals surface area contributed by atoms with Crippen LogP contribution in [0.1, 0.15) is 5.69 Å². The number of nitrogens with two attached hydrogens (primary N) is 1. The van der Waals surface area contributed by atoms with Gasteiger partial charge >= 0.3 is 0 Å². The summed E-state index contributed by atoms with van der Waals surface area (Å²) in [6.07, 6.45) is 1.59. The highest BCUT2D eigenvalue weighted by Gasteiger charge is 1.93. The third-order valence-electron chi connectivity index (χ3n) is 1.35. The van der Waals surface area contributed by atoms with E-state index in [1.54, 1.807) is 18.3 Å². The molecule has 1 aromatic rings. The highest BCUT2D eigenvalue weighted by atomic mass is 14.9. The van der Waals surface area contributed by atoms with Gasteiger partial charge in [-0.1, -0.05) is 0 Å². The van der Waals surface area contributed by atoms with Gasteiger partial charge in [-0.15, -0.1) is 0 Å².